The summed E-state index contributed by atoms with van der Waals surface area (Å²) in [6.45, 7) is -0.114. The lowest BCUT2D eigenvalue weighted by Gasteiger charge is -2.23. The molecule has 0 aromatic carbocycles. The van der Waals surface area contributed by atoms with Gasteiger partial charge in [-0.25, -0.2) is 0 Å². The number of hydrogen-bond donors (Lipinski definition) is 1. The number of nitrogens with one attached hydrogen (secondary N) is 1. The van der Waals surface area contributed by atoms with Crippen molar-refractivity contribution < 1.29 is 27.4 Å². The second-order valence-electron chi connectivity index (χ2n) is 4.02. The van der Waals surface area contributed by atoms with Crippen molar-refractivity contribution in [3.63, 3.8) is 0 Å². The summed E-state index contributed by atoms with van der Waals surface area (Å²) in [5.41, 5.74) is 0. The minimum Gasteiger partial charge on any atom is -0.485 e. The normalized spacial score (nSPS) is 17.7. The molecule has 0 spiro atoms. The summed E-state index contributed by atoms with van der Waals surface area (Å²) >= 11 is 0. The minimum absolute atomic E-state index is 0.0391. The van der Waals surface area contributed by atoms with E-state index in [2.05, 4.69) is 9.72 Å². The molecule has 0 unspecified atom stereocenters. The molecule has 0 radical (unpaired) electrons. The average Bonchev–Trinajstić information content (AvgIpc) is 2.74. The first-order valence-electron chi connectivity index (χ1n) is 5.65. The lowest BCUT2D eigenvalue weighted by atomic mass is 10.1. The Bertz CT molecular complexity index is 372. The highest BCUT2D eigenvalue weighted by Gasteiger charge is 2.29. The van der Waals surface area contributed by atoms with Crippen LogP contribution >= 0.6 is 0 Å². The molecule has 0 bridgehead atoms. The van der Waals surface area contributed by atoms with Crippen LogP contribution in [0.2, 0.25) is 0 Å². The average molecular weight is 265 g/mol. The third-order valence-electron chi connectivity index (χ3n) is 2.53. The fraction of sp³-hybridized carbons (Fsp3) is 0.636. The summed E-state index contributed by atoms with van der Waals surface area (Å²) in [7, 11) is 0. The second kappa shape index (κ2) is 5.51. The van der Waals surface area contributed by atoms with Crippen LogP contribution in [-0.4, -0.2) is 37.1 Å². The number of aromatic nitrogens is 1. The summed E-state index contributed by atoms with van der Waals surface area (Å²) < 4.78 is 51.6. The summed E-state index contributed by atoms with van der Waals surface area (Å²) in [4.78, 5) is 2.68. The van der Waals surface area contributed by atoms with Gasteiger partial charge in [-0.3, -0.25) is 0 Å². The molecular formula is C11H14F3NO3. The lowest BCUT2D eigenvalue weighted by Crippen LogP contribution is -2.26. The Morgan fingerprint density at radius 1 is 1.22 bits per heavy atom. The van der Waals surface area contributed by atoms with Crippen LogP contribution in [-0.2, 0) is 4.74 Å². The van der Waals surface area contributed by atoms with Gasteiger partial charge in [0, 0.05) is 25.2 Å². The summed E-state index contributed by atoms with van der Waals surface area (Å²) in [5, 5.41) is 0. The van der Waals surface area contributed by atoms with Crippen molar-refractivity contribution in [1.82, 2.24) is 4.98 Å². The zero-order valence-corrected chi connectivity index (χ0v) is 9.63. The molecule has 102 valence electrons. The van der Waals surface area contributed by atoms with Gasteiger partial charge in [0.2, 0.25) is 0 Å². The van der Waals surface area contributed by atoms with Gasteiger partial charge in [-0.05, 0) is 0 Å². The predicted molar refractivity (Wildman–Crippen MR) is 56.8 cm³/mol. The van der Waals surface area contributed by atoms with E-state index in [-0.39, 0.29) is 11.9 Å². The van der Waals surface area contributed by atoms with Crippen LogP contribution in [0.25, 0.3) is 0 Å². The molecule has 1 aromatic heterocycles. The van der Waals surface area contributed by atoms with Gasteiger partial charge in [0.15, 0.2) is 18.1 Å². The van der Waals surface area contributed by atoms with E-state index in [4.69, 9.17) is 9.47 Å². The highest BCUT2D eigenvalue weighted by molar-refractivity contribution is 5.37. The monoisotopic (exact) mass is 265 g/mol. The first-order valence-corrected chi connectivity index (χ1v) is 5.65. The number of ether oxygens (including phenoxy) is 3. The molecule has 1 saturated heterocycles. The van der Waals surface area contributed by atoms with Crippen molar-refractivity contribution in [2.45, 2.75) is 25.1 Å². The number of rotatable bonds is 4. The molecule has 2 heterocycles. The summed E-state index contributed by atoms with van der Waals surface area (Å²) in [6, 6.07) is 0. The molecule has 1 aliphatic rings. The second-order valence-corrected chi connectivity index (χ2v) is 4.02. The van der Waals surface area contributed by atoms with Crippen molar-refractivity contribution in [2.24, 2.45) is 0 Å². The van der Waals surface area contributed by atoms with E-state index >= 15 is 0 Å². The molecule has 1 N–H and O–H groups in total. The maximum Gasteiger partial charge on any atom is 0.422 e. The number of aromatic amines is 1. The smallest absolute Gasteiger partial charge is 0.422 e. The Morgan fingerprint density at radius 3 is 2.56 bits per heavy atom. The molecule has 0 aliphatic carbocycles. The predicted octanol–water partition coefficient (Wildman–Crippen LogP) is 2.51. The van der Waals surface area contributed by atoms with Crippen LogP contribution < -0.4 is 9.47 Å². The Balaban J connectivity index is 1.90. The van der Waals surface area contributed by atoms with Gasteiger partial charge in [0.1, 0.15) is 6.10 Å². The third-order valence-corrected chi connectivity index (χ3v) is 2.53. The highest BCUT2D eigenvalue weighted by Crippen LogP contribution is 2.30. The van der Waals surface area contributed by atoms with Gasteiger partial charge in [-0.2, -0.15) is 13.2 Å². The summed E-state index contributed by atoms with van der Waals surface area (Å²) in [5.74, 6) is 0.393. The molecule has 0 saturated carbocycles. The van der Waals surface area contributed by atoms with Crippen LogP contribution in [0.5, 0.6) is 11.5 Å². The first kappa shape index (κ1) is 13.1. The van der Waals surface area contributed by atoms with E-state index in [1.54, 1.807) is 0 Å². The Hall–Kier alpha value is -1.37. The molecule has 4 nitrogen and oxygen atoms in total. The van der Waals surface area contributed by atoms with E-state index in [0.717, 1.165) is 12.8 Å². The van der Waals surface area contributed by atoms with Gasteiger partial charge >= 0.3 is 6.18 Å². The molecule has 0 atom stereocenters. The van der Waals surface area contributed by atoms with Crippen molar-refractivity contribution >= 4 is 0 Å². The van der Waals surface area contributed by atoms with Crippen molar-refractivity contribution in [1.29, 1.82) is 0 Å². The number of alkyl halides is 3. The minimum atomic E-state index is -4.35. The van der Waals surface area contributed by atoms with Crippen LogP contribution in [0.15, 0.2) is 12.4 Å². The number of hydrogen-bond acceptors (Lipinski definition) is 3. The van der Waals surface area contributed by atoms with Crippen LogP contribution in [0.3, 0.4) is 0 Å². The number of H-pyrrole nitrogens is 1. The van der Waals surface area contributed by atoms with Gasteiger partial charge < -0.3 is 19.2 Å². The quantitative estimate of drug-likeness (QED) is 0.909. The third kappa shape index (κ3) is 3.83. The standard InChI is InChI=1S/C11H14F3NO3/c12-11(13,14)7-17-9-5-15-6-10(9)18-8-1-3-16-4-2-8/h5-6,8,15H,1-4,7H2. The fourth-order valence-electron chi connectivity index (χ4n) is 1.67. The van der Waals surface area contributed by atoms with E-state index in [9.17, 15) is 13.2 Å². The van der Waals surface area contributed by atoms with Crippen LogP contribution in [0.1, 0.15) is 12.8 Å². The van der Waals surface area contributed by atoms with E-state index < -0.39 is 12.8 Å². The van der Waals surface area contributed by atoms with Gasteiger partial charge in [0.25, 0.3) is 0 Å². The van der Waals surface area contributed by atoms with Crippen LogP contribution in [0.4, 0.5) is 13.2 Å². The molecule has 18 heavy (non-hydrogen) atoms. The van der Waals surface area contributed by atoms with Crippen molar-refractivity contribution in [3.8, 4) is 11.5 Å². The molecule has 7 heteroatoms. The van der Waals surface area contributed by atoms with E-state index in [1.807, 2.05) is 0 Å². The first-order chi connectivity index (χ1) is 8.54. The maximum absolute atomic E-state index is 12.0. The SMILES string of the molecule is FC(F)(F)COc1c[nH]cc1OC1CCOCC1. The van der Waals surface area contributed by atoms with Gasteiger partial charge in [-0.1, -0.05) is 0 Å². The summed E-state index contributed by atoms with van der Waals surface area (Å²) in [6.07, 6.45) is -0.106. The maximum atomic E-state index is 12.0. The lowest BCUT2D eigenvalue weighted by molar-refractivity contribution is -0.153. The van der Waals surface area contributed by atoms with E-state index in [1.165, 1.54) is 12.4 Å². The molecule has 0 amide bonds. The Labute approximate surface area is 102 Å². The largest absolute Gasteiger partial charge is 0.485 e. The zero-order chi connectivity index (χ0) is 13.0. The molecule has 2 rings (SSSR count). The van der Waals surface area contributed by atoms with Crippen molar-refractivity contribution in [2.75, 3.05) is 19.8 Å². The van der Waals surface area contributed by atoms with Crippen molar-refractivity contribution in [3.05, 3.63) is 12.4 Å². The molecular weight excluding hydrogens is 251 g/mol. The Morgan fingerprint density at radius 2 is 1.89 bits per heavy atom. The fourth-order valence-corrected chi connectivity index (χ4v) is 1.67. The highest BCUT2D eigenvalue weighted by atomic mass is 19.4. The topological polar surface area (TPSA) is 43.5 Å². The van der Waals surface area contributed by atoms with E-state index in [0.29, 0.717) is 19.0 Å². The Kier molecular flexibility index (Phi) is 4.00. The molecule has 1 aliphatic heterocycles. The van der Waals surface area contributed by atoms with Crippen LogP contribution in [0, 0.1) is 0 Å². The van der Waals surface area contributed by atoms with Gasteiger partial charge in [-0.15, -0.1) is 0 Å². The molecule has 1 aromatic rings. The number of halogens is 3. The molecule has 1 fully saturated rings. The zero-order valence-electron chi connectivity index (χ0n) is 9.63. The van der Waals surface area contributed by atoms with Gasteiger partial charge in [0.05, 0.1) is 13.2 Å².